The molecule has 0 aliphatic heterocycles. The second-order valence-electron chi connectivity index (χ2n) is 4.25. The van der Waals surface area contributed by atoms with Gasteiger partial charge in [-0.15, -0.1) is 0 Å². The molecule has 0 aromatic carbocycles. The summed E-state index contributed by atoms with van der Waals surface area (Å²) < 4.78 is 6.42. The molecule has 1 unspecified atom stereocenters. The van der Waals surface area contributed by atoms with Crippen molar-refractivity contribution in [3.63, 3.8) is 0 Å². The molecule has 0 heterocycles. The van der Waals surface area contributed by atoms with Crippen LogP contribution in [0.3, 0.4) is 0 Å². The molecule has 0 amide bonds. The summed E-state index contributed by atoms with van der Waals surface area (Å²) in [5.74, 6) is 0.549. The van der Waals surface area contributed by atoms with Crippen LogP contribution >= 0.6 is 22.6 Å². The normalized spacial score (nSPS) is 12.4. The number of hydrogen-bond acceptors (Lipinski definition) is 2. The first-order chi connectivity index (χ1) is 7.74. The number of alkyl halides is 1. The fourth-order valence-corrected chi connectivity index (χ4v) is 2.08. The lowest BCUT2D eigenvalue weighted by atomic mass is 10.0. The average molecular weight is 340 g/mol. The molecule has 0 saturated heterocycles. The number of carbonyl (C=O) groups is 1. The van der Waals surface area contributed by atoms with Gasteiger partial charge in [0, 0.05) is 6.42 Å². The Morgan fingerprint density at radius 1 is 1.25 bits per heavy atom. The first-order valence-electron chi connectivity index (χ1n) is 6.46. The molecular formula is C13H25IO2. The van der Waals surface area contributed by atoms with Gasteiger partial charge >= 0.3 is 5.97 Å². The van der Waals surface area contributed by atoms with Crippen molar-refractivity contribution in [1.82, 2.24) is 0 Å². The highest BCUT2D eigenvalue weighted by Gasteiger charge is 2.09. The fraction of sp³-hybridized carbons (Fsp3) is 0.923. The van der Waals surface area contributed by atoms with E-state index in [2.05, 4.69) is 36.4 Å². The number of halogens is 1. The van der Waals surface area contributed by atoms with Crippen LogP contribution in [0.15, 0.2) is 0 Å². The van der Waals surface area contributed by atoms with Gasteiger partial charge in [0.1, 0.15) is 0 Å². The smallest absolute Gasteiger partial charge is 0.305 e. The van der Waals surface area contributed by atoms with E-state index in [4.69, 9.17) is 4.74 Å². The van der Waals surface area contributed by atoms with Crippen molar-refractivity contribution < 1.29 is 9.53 Å². The van der Waals surface area contributed by atoms with E-state index in [1.807, 2.05) is 0 Å². The summed E-state index contributed by atoms with van der Waals surface area (Å²) in [4.78, 5) is 11.4. The minimum atomic E-state index is -0.0141. The Kier molecular flexibility index (Phi) is 11.8. The first kappa shape index (κ1) is 16.2. The summed E-state index contributed by atoms with van der Waals surface area (Å²) in [5.41, 5.74) is 0. The molecule has 0 bridgehead atoms. The molecule has 0 rings (SSSR count). The standard InChI is InChI=1S/C13H25IO2/c1-3-5-8-12(4-2)11-16-13(15)9-6-7-10-14/h12H,3-11H2,1-2H3. The van der Waals surface area contributed by atoms with Crippen LogP contribution in [0.25, 0.3) is 0 Å². The number of ether oxygens (including phenoxy) is 1. The zero-order valence-corrected chi connectivity index (χ0v) is 12.8. The number of carbonyl (C=O) groups excluding carboxylic acids is 1. The third-order valence-electron chi connectivity index (χ3n) is 2.79. The molecule has 0 radical (unpaired) electrons. The van der Waals surface area contributed by atoms with Crippen molar-refractivity contribution in [2.24, 2.45) is 5.92 Å². The van der Waals surface area contributed by atoms with Gasteiger partial charge in [0.05, 0.1) is 6.61 Å². The van der Waals surface area contributed by atoms with Gasteiger partial charge in [-0.25, -0.2) is 0 Å². The molecule has 0 fully saturated rings. The van der Waals surface area contributed by atoms with Crippen LogP contribution in [0.4, 0.5) is 0 Å². The summed E-state index contributed by atoms with van der Waals surface area (Å²) in [6.45, 7) is 4.99. The van der Waals surface area contributed by atoms with Gasteiger partial charge < -0.3 is 4.74 Å². The van der Waals surface area contributed by atoms with E-state index < -0.39 is 0 Å². The number of unbranched alkanes of at least 4 members (excludes halogenated alkanes) is 2. The van der Waals surface area contributed by atoms with E-state index in [0.29, 0.717) is 18.9 Å². The van der Waals surface area contributed by atoms with Gasteiger partial charge in [-0.3, -0.25) is 4.79 Å². The largest absolute Gasteiger partial charge is 0.465 e. The van der Waals surface area contributed by atoms with Gasteiger partial charge in [-0.05, 0) is 29.6 Å². The lowest BCUT2D eigenvalue weighted by molar-refractivity contribution is -0.145. The number of rotatable bonds is 10. The van der Waals surface area contributed by atoms with Gasteiger partial charge in [0.15, 0.2) is 0 Å². The van der Waals surface area contributed by atoms with Crippen molar-refractivity contribution in [3.8, 4) is 0 Å². The molecule has 0 saturated carbocycles. The minimum Gasteiger partial charge on any atom is -0.465 e. The Hall–Kier alpha value is 0.200. The monoisotopic (exact) mass is 340 g/mol. The van der Waals surface area contributed by atoms with E-state index in [-0.39, 0.29) is 5.97 Å². The van der Waals surface area contributed by atoms with E-state index in [9.17, 15) is 4.79 Å². The van der Waals surface area contributed by atoms with Crippen molar-refractivity contribution in [1.29, 1.82) is 0 Å². The van der Waals surface area contributed by atoms with E-state index in [1.54, 1.807) is 0 Å². The van der Waals surface area contributed by atoms with Crippen molar-refractivity contribution in [3.05, 3.63) is 0 Å². The van der Waals surface area contributed by atoms with Crippen LogP contribution in [-0.4, -0.2) is 17.0 Å². The predicted octanol–water partition coefficient (Wildman–Crippen LogP) is 4.35. The SMILES string of the molecule is CCCCC(CC)COC(=O)CCCCI. The molecule has 0 aliphatic rings. The molecule has 96 valence electrons. The van der Waals surface area contributed by atoms with Crippen LogP contribution < -0.4 is 0 Å². The highest BCUT2D eigenvalue weighted by molar-refractivity contribution is 14.1. The number of esters is 1. The number of hydrogen-bond donors (Lipinski definition) is 0. The molecule has 16 heavy (non-hydrogen) atoms. The molecule has 0 aliphatic carbocycles. The molecule has 2 nitrogen and oxygen atoms in total. The summed E-state index contributed by atoms with van der Waals surface area (Å²) in [6.07, 6.45) is 7.43. The zero-order chi connectivity index (χ0) is 12.2. The van der Waals surface area contributed by atoms with E-state index in [0.717, 1.165) is 23.7 Å². The maximum Gasteiger partial charge on any atom is 0.305 e. The van der Waals surface area contributed by atoms with Crippen LogP contribution in [-0.2, 0) is 9.53 Å². The zero-order valence-electron chi connectivity index (χ0n) is 10.6. The Morgan fingerprint density at radius 3 is 2.56 bits per heavy atom. The molecule has 1 atom stereocenters. The highest BCUT2D eigenvalue weighted by atomic mass is 127. The average Bonchev–Trinajstić information content (AvgIpc) is 2.30. The summed E-state index contributed by atoms with van der Waals surface area (Å²) in [6, 6.07) is 0. The Bertz CT molecular complexity index is 171. The Morgan fingerprint density at radius 2 is 2.00 bits per heavy atom. The fourth-order valence-electron chi connectivity index (χ4n) is 1.54. The van der Waals surface area contributed by atoms with Gasteiger partial charge in [-0.2, -0.15) is 0 Å². The molecular weight excluding hydrogens is 315 g/mol. The van der Waals surface area contributed by atoms with Gasteiger partial charge in [-0.1, -0.05) is 55.7 Å². The summed E-state index contributed by atoms with van der Waals surface area (Å²) in [7, 11) is 0. The van der Waals surface area contributed by atoms with Crippen molar-refractivity contribution in [2.75, 3.05) is 11.0 Å². The van der Waals surface area contributed by atoms with Crippen LogP contribution in [0.5, 0.6) is 0 Å². The predicted molar refractivity (Wildman–Crippen MR) is 77.0 cm³/mol. The van der Waals surface area contributed by atoms with Gasteiger partial charge in [0.25, 0.3) is 0 Å². The quantitative estimate of drug-likeness (QED) is 0.256. The maximum atomic E-state index is 11.4. The second-order valence-corrected chi connectivity index (χ2v) is 5.32. The molecule has 0 spiro atoms. The third-order valence-corrected chi connectivity index (χ3v) is 3.55. The van der Waals surface area contributed by atoms with E-state index >= 15 is 0 Å². The molecule has 0 aromatic heterocycles. The Labute approximate surface area is 114 Å². The maximum absolute atomic E-state index is 11.4. The summed E-state index contributed by atoms with van der Waals surface area (Å²) in [5, 5.41) is 0. The van der Waals surface area contributed by atoms with Crippen LogP contribution in [0.1, 0.15) is 58.8 Å². The summed E-state index contributed by atoms with van der Waals surface area (Å²) >= 11 is 2.34. The lowest BCUT2D eigenvalue weighted by Crippen LogP contribution is -2.13. The third kappa shape index (κ3) is 9.43. The van der Waals surface area contributed by atoms with Gasteiger partial charge in [0.2, 0.25) is 0 Å². The van der Waals surface area contributed by atoms with Crippen LogP contribution in [0.2, 0.25) is 0 Å². The first-order valence-corrected chi connectivity index (χ1v) is 7.98. The molecule has 3 heteroatoms. The highest BCUT2D eigenvalue weighted by Crippen LogP contribution is 2.13. The molecule has 0 N–H and O–H groups in total. The second kappa shape index (κ2) is 11.7. The van der Waals surface area contributed by atoms with Crippen LogP contribution in [0, 0.1) is 5.92 Å². The Balaban J connectivity index is 3.54. The minimum absolute atomic E-state index is 0.0141. The van der Waals surface area contributed by atoms with Crippen molar-refractivity contribution >= 4 is 28.6 Å². The van der Waals surface area contributed by atoms with E-state index in [1.165, 1.54) is 19.3 Å². The topological polar surface area (TPSA) is 26.3 Å². The molecule has 0 aromatic rings. The lowest BCUT2D eigenvalue weighted by Gasteiger charge is -2.14. The van der Waals surface area contributed by atoms with Crippen molar-refractivity contribution in [2.45, 2.75) is 58.8 Å².